The van der Waals surface area contributed by atoms with E-state index in [2.05, 4.69) is 15.4 Å². The van der Waals surface area contributed by atoms with Crippen molar-refractivity contribution < 1.29 is 22.8 Å². The monoisotopic (exact) mass is 381 g/mol. The first-order chi connectivity index (χ1) is 12.6. The highest BCUT2D eigenvalue weighted by atomic mass is 19.3. The van der Waals surface area contributed by atoms with E-state index in [1.165, 1.54) is 37.2 Å². The Morgan fingerprint density at radius 1 is 1.33 bits per heavy atom. The van der Waals surface area contributed by atoms with Gasteiger partial charge in [-0.25, -0.2) is 4.98 Å². The van der Waals surface area contributed by atoms with E-state index in [1.807, 2.05) is 0 Å². The Morgan fingerprint density at radius 3 is 2.63 bits per heavy atom. The van der Waals surface area contributed by atoms with E-state index in [4.69, 9.17) is 0 Å². The van der Waals surface area contributed by atoms with Crippen LogP contribution in [0.5, 0.6) is 0 Å². The van der Waals surface area contributed by atoms with Gasteiger partial charge in [-0.2, -0.15) is 18.3 Å². The summed E-state index contributed by atoms with van der Waals surface area (Å²) in [6.07, 6.45) is 0. The van der Waals surface area contributed by atoms with Crippen LogP contribution in [0.2, 0.25) is 0 Å². The summed E-state index contributed by atoms with van der Waals surface area (Å²) < 4.78 is 41.6. The molecule has 0 unspecified atom stereocenters. The maximum Gasteiger partial charge on any atom is 0.286 e. The highest BCUT2D eigenvalue weighted by Crippen LogP contribution is 2.36. The molecule has 0 aromatic carbocycles. The average Bonchev–Trinajstić information content (AvgIpc) is 3.08. The Balaban J connectivity index is 1.90. The lowest BCUT2D eigenvalue weighted by Crippen LogP contribution is -2.33. The van der Waals surface area contributed by atoms with Crippen molar-refractivity contribution in [1.29, 1.82) is 0 Å². The largest absolute Gasteiger partial charge is 0.344 e. The van der Waals surface area contributed by atoms with Crippen molar-refractivity contribution in [3.05, 3.63) is 41.6 Å². The second kappa shape index (κ2) is 6.67. The number of likely N-dealkylation sites (tertiary alicyclic amines) is 1. The minimum absolute atomic E-state index is 0.0390. The average molecular weight is 381 g/mol. The van der Waals surface area contributed by atoms with Gasteiger partial charge < -0.3 is 10.2 Å². The van der Waals surface area contributed by atoms with Gasteiger partial charge in [-0.05, 0) is 18.2 Å². The number of alkyl halides is 2. The molecule has 1 N–H and O–H groups in total. The summed E-state index contributed by atoms with van der Waals surface area (Å²) in [5.41, 5.74) is -0.0930. The fourth-order valence-electron chi connectivity index (χ4n) is 3.22. The molecular formula is C17H18F3N5O2. The quantitative estimate of drug-likeness (QED) is 0.648. The minimum Gasteiger partial charge on any atom is -0.344 e. The predicted octanol–water partition coefficient (Wildman–Crippen LogP) is 1.88. The summed E-state index contributed by atoms with van der Waals surface area (Å²) >= 11 is 0. The van der Waals surface area contributed by atoms with Crippen molar-refractivity contribution in [2.75, 3.05) is 18.9 Å². The Morgan fingerprint density at radius 2 is 2.04 bits per heavy atom. The van der Waals surface area contributed by atoms with Gasteiger partial charge in [0.1, 0.15) is 17.4 Å². The summed E-state index contributed by atoms with van der Waals surface area (Å²) in [6, 6.07) is 5.08. The number of hydrogen-bond donors (Lipinski definition) is 1. The zero-order valence-electron chi connectivity index (χ0n) is 14.9. The Bertz CT molecular complexity index is 893. The highest BCUT2D eigenvalue weighted by Gasteiger charge is 2.46. The van der Waals surface area contributed by atoms with Crippen molar-refractivity contribution in [1.82, 2.24) is 19.7 Å². The van der Waals surface area contributed by atoms with Gasteiger partial charge in [0.2, 0.25) is 17.8 Å². The Kier molecular flexibility index (Phi) is 4.66. The smallest absolute Gasteiger partial charge is 0.286 e. The van der Waals surface area contributed by atoms with Crippen molar-refractivity contribution in [3.63, 3.8) is 0 Å². The fourth-order valence-corrected chi connectivity index (χ4v) is 3.22. The van der Waals surface area contributed by atoms with Crippen LogP contribution in [0.4, 0.5) is 19.0 Å². The van der Waals surface area contributed by atoms with Crippen molar-refractivity contribution in [2.24, 2.45) is 13.0 Å². The topological polar surface area (TPSA) is 80.1 Å². The Labute approximate surface area is 153 Å². The molecule has 1 fully saturated rings. The highest BCUT2D eigenvalue weighted by molar-refractivity contribution is 6.08. The van der Waals surface area contributed by atoms with Crippen molar-refractivity contribution in [2.45, 2.75) is 18.8 Å². The van der Waals surface area contributed by atoms with Gasteiger partial charge in [0.25, 0.3) is 5.92 Å². The summed E-state index contributed by atoms with van der Waals surface area (Å²) in [4.78, 5) is 30.0. The predicted molar refractivity (Wildman–Crippen MR) is 89.5 cm³/mol. The molecule has 0 radical (unpaired) electrons. The summed E-state index contributed by atoms with van der Waals surface area (Å²) in [5.74, 6) is -6.97. The molecule has 0 spiro atoms. The van der Waals surface area contributed by atoms with Gasteiger partial charge in [-0.1, -0.05) is 6.07 Å². The van der Waals surface area contributed by atoms with E-state index >= 15 is 0 Å². The zero-order valence-corrected chi connectivity index (χ0v) is 14.9. The summed E-state index contributed by atoms with van der Waals surface area (Å²) in [5, 5.41) is 6.49. The maximum atomic E-state index is 13.7. The van der Waals surface area contributed by atoms with Gasteiger partial charge in [0.15, 0.2) is 0 Å². The van der Waals surface area contributed by atoms with Crippen LogP contribution in [0.3, 0.4) is 0 Å². The normalized spacial score (nSPS) is 20.2. The van der Waals surface area contributed by atoms with Crippen LogP contribution in [0.25, 0.3) is 0 Å². The first-order valence-corrected chi connectivity index (χ1v) is 8.18. The number of likely N-dealkylation sites (N-methyl/N-ethyl adjacent to an activating group) is 1. The third-order valence-electron chi connectivity index (χ3n) is 4.49. The molecule has 2 aromatic heterocycles. The van der Waals surface area contributed by atoms with Crippen molar-refractivity contribution >= 4 is 17.6 Å². The lowest BCUT2D eigenvalue weighted by Gasteiger charge is -2.14. The molecule has 0 bridgehead atoms. The molecule has 3 rings (SSSR count). The molecule has 144 valence electrons. The molecule has 1 saturated heterocycles. The first-order valence-electron chi connectivity index (χ1n) is 8.18. The molecule has 2 amide bonds. The number of pyridine rings is 1. The molecule has 2 atom stereocenters. The third-order valence-corrected chi connectivity index (χ3v) is 4.49. The lowest BCUT2D eigenvalue weighted by atomic mass is 9.91. The molecule has 0 aliphatic carbocycles. The van der Waals surface area contributed by atoms with Crippen LogP contribution in [-0.4, -0.2) is 45.1 Å². The van der Waals surface area contributed by atoms with Gasteiger partial charge in [-0.15, -0.1) is 0 Å². The van der Waals surface area contributed by atoms with E-state index in [0.717, 1.165) is 17.7 Å². The molecule has 10 heteroatoms. The number of nitrogens with one attached hydrogen (secondary N) is 1. The number of hydrogen-bond acceptors (Lipinski definition) is 4. The number of amides is 2. The van der Waals surface area contributed by atoms with Gasteiger partial charge in [0.05, 0.1) is 5.69 Å². The van der Waals surface area contributed by atoms with Crippen molar-refractivity contribution in [3.8, 4) is 0 Å². The molecule has 7 nitrogen and oxygen atoms in total. The summed E-state index contributed by atoms with van der Waals surface area (Å²) in [6.45, 7) is 0.902. The maximum absolute atomic E-state index is 13.7. The van der Waals surface area contributed by atoms with Crippen LogP contribution in [0.15, 0.2) is 24.3 Å². The van der Waals surface area contributed by atoms with Gasteiger partial charge >= 0.3 is 0 Å². The number of aromatic nitrogens is 3. The molecule has 2 aromatic rings. The van der Waals surface area contributed by atoms with E-state index in [-0.39, 0.29) is 23.8 Å². The molecule has 3 heterocycles. The second-order valence-corrected chi connectivity index (χ2v) is 6.60. The second-order valence-electron chi connectivity index (χ2n) is 6.60. The molecule has 1 aliphatic heterocycles. The number of carbonyl (C=O) groups is 2. The van der Waals surface area contributed by atoms with E-state index < -0.39 is 35.5 Å². The van der Waals surface area contributed by atoms with Crippen LogP contribution >= 0.6 is 0 Å². The third kappa shape index (κ3) is 3.64. The van der Waals surface area contributed by atoms with Crippen LogP contribution in [-0.2, 0) is 22.6 Å². The van der Waals surface area contributed by atoms with Gasteiger partial charge in [-0.3, -0.25) is 14.3 Å². The zero-order chi connectivity index (χ0) is 19.9. The molecule has 27 heavy (non-hydrogen) atoms. The van der Waals surface area contributed by atoms with E-state index in [9.17, 15) is 22.8 Å². The van der Waals surface area contributed by atoms with Gasteiger partial charge in [0, 0.05) is 33.5 Å². The molecule has 0 saturated carbocycles. The van der Waals surface area contributed by atoms with E-state index in [1.54, 1.807) is 0 Å². The lowest BCUT2D eigenvalue weighted by molar-refractivity contribution is -0.135. The Hall–Kier alpha value is -2.91. The first kappa shape index (κ1) is 18.9. The SMILES string of the molecule is CN1C[C@H](c2cc(C(C)(F)F)n(C)n2)[C@@H](C(=O)Nc2cccc(F)n2)C1=O. The minimum atomic E-state index is -3.11. The standard InChI is InChI=1S/C17H18F3N5O2/c1-17(19,20)11-7-10(23-25(11)3)9-8-24(2)16(27)14(9)15(26)22-13-6-4-5-12(18)21-13/h4-7,9,14H,8H2,1-3H3,(H,21,22,26)/t9-,14+/m1/s1. The van der Waals surface area contributed by atoms with E-state index in [0.29, 0.717) is 0 Å². The summed E-state index contributed by atoms with van der Waals surface area (Å²) in [7, 11) is 2.89. The number of aryl methyl sites for hydroxylation is 1. The number of anilines is 1. The molecule has 1 aliphatic rings. The van der Waals surface area contributed by atoms with Crippen LogP contribution in [0, 0.1) is 11.9 Å². The number of nitrogens with zero attached hydrogens (tertiary/aromatic N) is 4. The number of halogens is 3. The molecular weight excluding hydrogens is 363 g/mol. The van der Waals surface area contributed by atoms with Crippen LogP contribution < -0.4 is 5.32 Å². The van der Waals surface area contributed by atoms with Crippen LogP contribution in [0.1, 0.15) is 24.2 Å². The number of carbonyl (C=O) groups excluding carboxylic acids is 2. The number of rotatable bonds is 4. The fraction of sp³-hybridized carbons (Fsp3) is 0.412.